The summed E-state index contributed by atoms with van der Waals surface area (Å²) in [7, 11) is 0. The van der Waals surface area contributed by atoms with Gasteiger partial charge in [0.15, 0.2) is 0 Å². The molecule has 0 saturated heterocycles. The fourth-order valence-electron chi connectivity index (χ4n) is 2.71. The first-order valence-electron chi connectivity index (χ1n) is 8.84. The molecule has 1 nitrogen and oxygen atoms in total. The van der Waals surface area contributed by atoms with Gasteiger partial charge >= 0.3 is 0 Å². The van der Waals surface area contributed by atoms with E-state index in [-0.39, 0.29) is 0 Å². The third-order valence-corrected chi connectivity index (χ3v) is 5.19. The van der Waals surface area contributed by atoms with Crippen molar-refractivity contribution in [2.75, 3.05) is 6.54 Å². The Kier molecular flexibility index (Phi) is 5.87. The molecular formula is C20H33N. The van der Waals surface area contributed by atoms with Crippen LogP contribution in [0.25, 0.3) is 0 Å². The summed E-state index contributed by atoms with van der Waals surface area (Å²) in [5.74, 6) is 0.822. The van der Waals surface area contributed by atoms with E-state index in [1.807, 2.05) is 0 Å². The van der Waals surface area contributed by atoms with Crippen LogP contribution >= 0.6 is 0 Å². The molecular weight excluding hydrogens is 254 g/mol. The summed E-state index contributed by atoms with van der Waals surface area (Å²) in [4.78, 5) is 0. The van der Waals surface area contributed by atoms with Crippen LogP contribution in [0.2, 0.25) is 0 Å². The number of hydrogen-bond donors (Lipinski definition) is 1. The standard InChI is InChI=1S/C20H33N/c1-5-20(3,4)18-10-8-17(9-11-18)7-6-16(2)14-15-21-19-12-13-19/h8-11,16,19,21H,5-7,12-15H2,1-4H3. The predicted molar refractivity (Wildman–Crippen MR) is 92.9 cm³/mol. The van der Waals surface area contributed by atoms with Crippen molar-refractivity contribution in [2.24, 2.45) is 5.92 Å². The van der Waals surface area contributed by atoms with E-state index in [0.717, 1.165) is 12.0 Å². The summed E-state index contributed by atoms with van der Waals surface area (Å²) in [5, 5.41) is 3.62. The number of aryl methyl sites for hydroxylation is 1. The lowest BCUT2D eigenvalue weighted by Gasteiger charge is -2.23. The van der Waals surface area contributed by atoms with Gasteiger partial charge in [-0.1, -0.05) is 52.0 Å². The van der Waals surface area contributed by atoms with Crippen molar-refractivity contribution in [3.8, 4) is 0 Å². The Balaban J connectivity index is 1.72. The van der Waals surface area contributed by atoms with Gasteiger partial charge in [-0.3, -0.25) is 0 Å². The zero-order valence-corrected chi connectivity index (χ0v) is 14.4. The third kappa shape index (κ3) is 5.47. The van der Waals surface area contributed by atoms with Gasteiger partial charge in [-0.05, 0) is 67.5 Å². The van der Waals surface area contributed by atoms with Crippen molar-refractivity contribution in [2.45, 2.75) is 77.7 Å². The van der Waals surface area contributed by atoms with Crippen LogP contribution in [0.4, 0.5) is 0 Å². The molecule has 0 aromatic heterocycles. The van der Waals surface area contributed by atoms with Crippen molar-refractivity contribution in [3.63, 3.8) is 0 Å². The van der Waals surface area contributed by atoms with E-state index in [4.69, 9.17) is 0 Å². The van der Waals surface area contributed by atoms with E-state index < -0.39 is 0 Å². The molecule has 1 fully saturated rings. The molecule has 0 spiro atoms. The minimum atomic E-state index is 0.306. The molecule has 1 heteroatoms. The average Bonchev–Trinajstić information content (AvgIpc) is 3.30. The van der Waals surface area contributed by atoms with Crippen molar-refractivity contribution >= 4 is 0 Å². The maximum atomic E-state index is 3.62. The predicted octanol–water partition coefficient (Wildman–Crippen LogP) is 5.09. The van der Waals surface area contributed by atoms with Crippen LogP contribution in [0.1, 0.15) is 70.9 Å². The van der Waals surface area contributed by atoms with E-state index in [1.165, 1.54) is 56.2 Å². The van der Waals surface area contributed by atoms with Gasteiger partial charge in [-0.25, -0.2) is 0 Å². The molecule has 21 heavy (non-hydrogen) atoms. The van der Waals surface area contributed by atoms with Gasteiger partial charge < -0.3 is 5.32 Å². The molecule has 1 aliphatic rings. The molecule has 0 heterocycles. The summed E-state index contributed by atoms with van der Waals surface area (Å²) in [5.41, 5.74) is 3.27. The minimum absolute atomic E-state index is 0.306. The van der Waals surface area contributed by atoms with Crippen molar-refractivity contribution in [3.05, 3.63) is 35.4 Å². The van der Waals surface area contributed by atoms with Gasteiger partial charge in [-0.15, -0.1) is 0 Å². The normalized spacial score (nSPS) is 17.0. The highest BCUT2D eigenvalue weighted by atomic mass is 14.9. The highest BCUT2D eigenvalue weighted by Gasteiger charge is 2.20. The fraction of sp³-hybridized carbons (Fsp3) is 0.700. The first-order chi connectivity index (χ1) is 10.0. The molecule has 2 rings (SSSR count). The highest BCUT2D eigenvalue weighted by Crippen LogP contribution is 2.27. The largest absolute Gasteiger partial charge is 0.314 e. The minimum Gasteiger partial charge on any atom is -0.314 e. The Morgan fingerprint density at radius 2 is 1.81 bits per heavy atom. The molecule has 0 aliphatic heterocycles. The lowest BCUT2D eigenvalue weighted by Crippen LogP contribution is -2.19. The Hall–Kier alpha value is -0.820. The highest BCUT2D eigenvalue weighted by molar-refractivity contribution is 5.28. The zero-order chi connectivity index (χ0) is 15.3. The van der Waals surface area contributed by atoms with E-state index in [2.05, 4.69) is 57.3 Å². The number of nitrogens with one attached hydrogen (secondary N) is 1. The first kappa shape index (κ1) is 16.5. The molecule has 0 amide bonds. The Morgan fingerprint density at radius 1 is 1.14 bits per heavy atom. The maximum absolute atomic E-state index is 3.62. The van der Waals surface area contributed by atoms with Gasteiger partial charge in [0.05, 0.1) is 0 Å². The van der Waals surface area contributed by atoms with Gasteiger partial charge in [0.25, 0.3) is 0 Å². The number of hydrogen-bond acceptors (Lipinski definition) is 1. The van der Waals surface area contributed by atoms with Crippen molar-refractivity contribution in [1.82, 2.24) is 5.32 Å². The number of rotatable bonds is 9. The number of benzene rings is 1. The second-order valence-electron chi connectivity index (χ2n) is 7.60. The van der Waals surface area contributed by atoms with Crippen LogP contribution in [-0.4, -0.2) is 12.6 Å². The van der Waals surface area contributed by atoms with E-state index in [1.54, 1.807) is 0 Å². The van der Waals surface area contributed by atoms with E-state index >= 15 is 0 Å². The van der Waals surface area contributed by atoms with Crippen LogP contribution in [0.15, 0.2) is 24.3 Å². The zero-order valence-electron chi connectivity index (χ0n) is 14.4. The van der Waals surface area contributed by atoms with E-state index in [9.17, 15) is 0 Å². The van der Waals surface area contributed by atoms with Crippen LogP contribution in [0.5, 0.6) is 0 Å². The summed E-state index contributed by atoms with van der Waals surface area (Å²) in [6.07, 6.45) is 7.83. The van der Waals surface area contributed by atoms with Crippen LogP contribution in [0.3, 0.4) is 0 Å². The van der Waals surface area contributed by atoms with Crippen molar-refractivity contribution in [1.29, 1.82) is 0 Å². The summed E-state index contributed by atoms with van der Waals surface area (Å²) >= 11 is 0. The van der Waals surface area contributed by atoms with Crippen LogP contribution in [0, 0.1) is 5.92 Å². The third-order valence-electron chi connectivity index (χ3n) is 5.19. The lowest BCUT2D eigenvalue weighted by molar-refractivity contribution is 0.469. The maximum Gasteiger partial charge on any atom is 0.00682 e. The molecule has 1 aromatic carbocycles. The van der Waals surface area contributed by atoms with Gasteiger partial charge in [0, 0.05) is 6.04 Å². The molecule has 1 aromatic rings. The Bertz CT molecular complexity index is 414. The molecule has 118 valence electrons. The fourth-order valence-corrected chi connectivity index (χ4v) is 2.71. The van der Waals surface area contributed by atoms with Gasteiger partial charge in [-0.2, -0.15) is 0 Å². The molecule has 0 bridgehead atoms. The molecule has 0 radical (unpaired) electrons. The topological polar surface area (TPSA) is 12.0 Å². The monoisotopic (exact) mass is 287 g/mol. The van der Waals surface area contributed by atoms with E-state index in [0.29, 0.717) is 5.41 Å². The summed E-state index contributed by atoms with van der Waals surface area (Å²) in [6.45, 7) is 10.5. The van der Waals surface area contributed by atoms with Crippen LogP contribution < -0.4 is 5.32 Å². The smallest absolute Gasteiger partial charge is 0.00682 e. The molecule has 1 saturated carbocycles. The van der Waals surface area contributed by atoms with Gasteiger partial charge in [0.1, 0.15) is 0 Å². The Labute approximate surface area is 131 Å². The van der Waals surface area contributed by atoms with Crippen molar-refractivity contribution < 1.29 is 0 Å². The quantitative estimate of drug-likeness (QED) is 0.667. The van der Waals surface area contributed by atoms with Gasteiger partial charge in [0.2, 0.25) is 0 Å². The van der Waals surface area contributed by atoms with Crippen LogP contribution in [-0.2, 0) is 11.8 Å². The summed E-state index contributed by atoms with van der Waals surface area (Å²) in [6, 6.07) is 10.2. The molecule has 1 N–H and O–H groups in total. The SMILES string of the molecule is CCC(C)(C)c1ccc(CCC(C)CCNC2CC2)cc1. The average molecular weight is 287 g/mol. The lowest BCUT2D eigenvalue weighted by atomic mass is 9.82. The summed E-state index contributed by atoms with van der Waals surface area (Å²) < 4.78 is 0. The second-order valence-corrected chi connectivity index (χ2v) is 7.60. The molecule has 1 unspecified atom stereocenters. The molecule has 1 atom stereocenters. The Morgan fingerprint density at radius 3 is 2.38 bits per heavy atom. The first-order valence-corrected chi connectivity index (χ1v) is 8.84. The second kappa shape index (κ2) is 7.45. The molecule has 1 aliphatic carbocycles.